The van der Waals surface area contributed by atoms with E-state index in [1.807, 2.05) is 44.2 Å². The number of hydrogen-bond acceptors (Lipinski definition) is 2. The molecule has 0 heterocycles. The topological polar surface area (TPSA) is 29.1 Å². The summed E-state index contributed by atoms with van der Waals surface area (Å²) in [6, 6.07) is 16.2. The van der Waals surface area contributed by atoms with E-state index in [0.29, 0.717) is 6.42 Å². The van der Waals surface area contributed by atoms with Gasteiger partial charge in [0, 0.05) is 16.5 Å². The molecule has 0 aliphatic heterocycles. The van der Waals surface area contributed by atoms with Crippen molar-refractivity contribution in [1.82, 2.24) is 5.32 Å². The summed E-state index contributed by atoms with van der Waals surface area (Å²) in [6.07, 6.45) is 2.17. The molecule has 0 saturated carbocycles. The highest BCUT2D eigenvalue weighted by atomic mass is 32.2. The molecule has 0 bridgehead atoms. The Kier molecular flexibility index (Phi) is 5.99. The Morgan fingerprint density at radius 3 is 2.43 bits per heavy atom. The number of halogens is 1. The van der Waals surface area contributed by atoms with Gasteiger partial charge in [-0.25, -0.2) is 4.39 Å². The number of amides is 1. The molecule has 1 amide bonds. The first-order valence-corrected chi connectivity index (χ1v) is 8.27. The van der Waals surface area contributed by atoms with Crippen LogP contribution in [0.5, 0.6) is 0 Å². The molecule has 1 N–H and O–H groups in total. The van der Waals surface area contributed by atoms with Gasteiger partial charge in [-0.05, 0) is 55.5 Å². The molecule has 2 aromatic carbocycles. The third kappa shape index (κ3) is 6.28. The quantitative estimate of drug-likeness (QED) is 0.621. The number of nitrogens with one attached hydrogen (secondary N) is 1. The third-order valence-electron chi connectivity index (χ3n) is 3.19. The lowest BCUT2D eigenvalue weighted by Crippen LogP contribution is -2.44. The summed E-state index contributed by atoms with van der Waals surface area (Å²) in [5.74, 6) is -0.392. The van der Waals surface area contributed by atoms with Gasteiger partial charge in [0.15, 0.2) is 0 Å². The fourth-order valence-corrected chi connectivity index (χ4v) is 2.87. The van der Waals surface area contributed by atoms with Crippen LogP contribution >= 0.6 is 11.8 Å². The molecule has 2 nitrogen and oxygen atoms in total. The average Bonchev–Trinajstić information content (AvgIpc) is 2.50. The monoisotopic (exact) mass is 329 g/mol. The minimum atomic E-state index is -0.406. The zero-order valence-electron chi connectivity index (χ0n) is 13.3. The van der Waals surface area contributed by atoms with Crippen LogP contribution in [0.3, 0.4) is 0 Å². The first-order valence-electron chi connectivity index (χ1n) is 7.39. The van der Waals surface area contributed by atoms with Crippen LogP contribution < -0.4 is 5.32 Å². The van der Waals surface area contributed by atoms with Gasteiger partial charge >= 0.3 is 0 Å². The molecule has 0 fully saturated rings. The van der Waals surface area contributed by atoms with Crippen LogP contribution in [0.2, 0.25) is 0 Å². The highest BCUT2D eigenvalue weighted by Gasteiger charge is 2.19. The molecule has 0 spiro atoms. The van der Waals surface area contributed by atoms with Crippen LogP contribution in [0.1, 0.15) is 19.4 Å². The lowest BCUT2D eigenvalue weighted by molar-refractivity contribution is -0.118. The van der Waals surface area contributed by atoms with Crippen molar-refractivity contribution >= 4 is 17.7 Å². The molecule has 0 radical (unpaired) electrons. The van der Waals surface area contributed by atoms with Crippen molar-refractivity contribution in [2.24, 2.45) is 0 Å². The summed E-state index contributed by atoms with van der Waals surface area (Å²) in [6.45, 7) is 3.90. The largest absolute Gasteiger partial charge is 0.347 e. The van der Waals surface area contributed by atoms with Crippen LogP contribution in [-0.4, -0.2) is 11.4 Å². The van der Waals surface area contributed by atoms with Crippen molar-refractivity contribution in [2.75, 3.05) is 0 Å². The summed E-state index contributed by atoms with van der Waals surface area (Å²) in [7, 11) is 0. The molecule has 0 aliphatic carbocycles. The Hall–Kier alpha value is -2.07. The van der Waals surface area contributed by atoms with Gasteiger partial charge in [0.05, 0.1) is 0 Å². The summed E-state index contributed by atoms with van der Waals surface area (Å²) < 4.78 is 12.9. The summed E-state index contributed by atoms with van der Waals surface area (Å²) in [5.41, 5.74) is 0.579. The lowest BCUT2D eigenvalue weighted by Gasteiger charge is -2.25. The molecule has 0 saturated heterocycles. The van der Waals surface area contributed by atoms with Crippen LogP contribution in [0.15, 0.2) is 71.0 Å². The zero-order chi connectivity index (χ0) is 16.7. The smallest absolute Gasteiger partial charge is 0.244 e. The van der Waals surface area contributed by atoms with E-state index in [-0.39, 0.29) is 11.7 Å². The molecule has 2 rings (SSSR count). The van der Waals surface area contributed by atoms with E-state index in [4.69, 9.17) is 0 Å². The number of carbonyl (C=O) groups is 1. The van der Waals surface area contributed by atoms with Crippen LogP contribution in [-0.2, 0) is 11.2 Å². The molecule has 23 heavy (non-hydrogen) atoms. The Morgan fingerprint density at radius 2 is 1.78 bits per heavy atom. The normalized spacial score (nSPS) is 11.6. The van der Waals surface area contributed by atoms with E-state index in [0.717, 1.165) is 10.5 Å². The first kappa shape index (κ1) is 17.3. The van der Waals surface area contributed by atoms with Gasteiger partial charge < -0.3 is 5.32 Å². The van der Waals surface area contributed by atoms with Gasteiger partial charge in [0.2, 0.25) is 5.91 Å². The SMILES string of the molecule is CC(C)(Cc1ccc(F)cc1)NC(=O)C=CSc1ccccc1. The van der Waals surface area contributed by atoms with Gasteiger partial charge in [-0.2, -0.15) is 0 Å². The fraction of sp³-hybridized carbons (Fsp3) is 0.211. The third-order valence-corrected chi connectivity index (χ3v) is 4.00. The Balaban J connectivity index is 1.86. The Bertz CT molecular complexity index is 666. The number of hydrogen-bond donors (Lipinski definition) is 1. The van der Waals surface area contributed by atoms with E-state index < -0.39 is 5.54 Å². The second-order valence-electron chi connectivity index (χ2n) is 5.91. The van der Waals surface area contributed by atoms with Crippen molar-refractivity contribution in [3.8, 4) is 0 Å². The average molecular weight is 329 g/mol. The molecule has 0 atom stereocenters. The fourth-order valence-electron chi connectivity index (χ4n) is 2.21. The molecule has 2 aromatic rings. The summed E-state index contributed by atoms with van der Waals surface area (Å²) >= 11 is 1.50. The maximum atomic E-state index is 12.9. The molecular formula is C19H20FNOS. The van der Waals surface area contributed by atoms with Crippen LogP contribution in [0.25, 0.3) is 0 Å². The molecule has 0 unspecified atom stereocenters. The maximum absolute atomic E-state index is 12.9. The van der Waals surface area contributed by atoms with Crippen molar-refractivity contribution in [3.05, 3.63) is 77.5 Å². The lowest BCUT2D eigenvalue weighted by atomic mass is 9.95. The summed E-state index contributed by atoms with van der Waals surface area (Å²) in [5, 5.41) is 4.75. The van der Waals surface area contributed by atoms with Crippen molar-refractivity contribution < 1.29 is 9.18 Å². The van der Waals surface area contributed by atoms with Crippen molar-refractivity contribution in [2.45, 2.75) is 30.7 Å². The van der Waals surface area contributed by atoms with E-state index in [1.54, 1.807) is 17.5 Å². The Morgan fingerprint density at radius 1 is 1.13 bits per heavy atom. The minimum Gasteiger partial charge on any atom is -0.347 e. The van der Waals surface area contributed by atoms with Gasteiger partial charge in [0.1, 0.15) is 5.82 Å². The molecule has 0 aromatic heterocycles. The zero-order valence-corrected chi connectivity index (χ0v) is 14.1. The number of rotatable bonds is 6. The van der Waals surface area contributed by atoms with E-state index in [9.17, 15) is 9.18 Å². The molecule has 120 valence electrons. The van der Waals surface area contributed by atoms with Crippen LogP contribution in [0.4, 0.5) is 4.39 Å². The van der Waals surface area contributed by atoms with Crippen molar-refractivity contribution in [1.29, 1.82) is 0 Å². The minimum absolute atomic E-state index is 0.138. The predicted octanol–water partition coefficient (Wildman–Crippen LogP) is 4.57. The predicted molar refractivity (Wildman–Crippen MR) is 93.8 cm³/mol. The highest BCUT2D eigenvalue weighted by molar-refractivity contribution is 8.02. The number of benzene rings is 2. The van der Waals surface area contributed by atoms with E-state index >= 15 is 0 Å². The van der Waals surface area contributed by atoms with Crippen molar-refractivity contribution in [3.63, 3.8) is 0 Å². The van der Waals surface area contributed by atoms with Gasteiger partial charge in [-0.3, -0.25) is 4.79 Å². The number of thioether (sulfide) groups is 1. The highest BCUT2D eigenvalue weighted by Crippen LogP contribution is 2.18. The second kappa shape index (κ2) is 7.97. The number of carbonyl (C=O) groups excluding carboxylic acids is 1. The van der Waals surface area contributed by atoms with Gasteiger partial charge in [0.25, 0.3) is 0 Å². The molecule has 0 aliphatic rings. The van der Waals surface area contributed by atoms with Gasteiger partial charge in [-0.15, -0.1) is 0 Å². The molecule has 4 heteroatoms. The second-order valence-corrected chi connectivity index (χ2v) is 6.89. The first-order chi connectivity index (χ1) is 10.9. The maximum Gasteiger partial charge on any atom is 0.244 e. The molecular weight excluding hydrogens is 309 g/mol. The standard InChI is InChI=1S/C19H20FNOS/c1-19(2,14-15-8-10-16(20)11-9-15)21-18(22)12-13-23-17-6-4-3-5-7-17/h3-13H,14H2,1-2H3,(H,21,22). The van der Waals surface area contributed by atoms with Crippen LogP contribution in [0, 0.1) is 5.82 Å². The van der Waals surface area contributed by atoms with E-state index in [2.05, 4.69) is 5.32 Å². The summed E-state index contributed by atoms with van der Waals surface area (Å²) in [4.78, 5) is 13.1. The van der Waals surface area contributed by atoms with E-state index in [1.165, 1.54) is 30.0 Å². The van der Waals surface area contributed by atoms with Gasteiger partial charge in [-0.1, -0.05) is 42.1 Å². The Labute approximate surface area is 140 Å².